The molecule has 0 amide bonds. The normalized spacial score (nSPS) is 9.56. The Morgan fingerprint density at radius 1 is 1.17 bits per heavy atom. The van der Waals surface area contributed by atoms with Gasteiger partial charge in [-0.3, -0.25) is 4.98 Å². The third-order valence-electron chi connectivity index (χ3n) is 2.43. The van der Waals surface area contributed by atoms with E-state index in [-0.39, 0.29) is 6.54 Å². The minimum absolute atomic E-state index is 0.251. The summed E-state index contributed by atoms with van der Waals surface area (Å²) < 4.78 is 0. The molecule has 0 atom stereocenters. The number of aromatic nitrogens is 1. The van der Waals surface area contributed by atoms with Gasteiger partial charge in [-0.25, -0.2) is 0 Å². The van der Waals surface area contributed by atoms with Crippen LogP contribution in [0.4, 0.5) is 0 Å². The van der Waals surface area contributed by atoms with Gasteiger partial charge in [-0.05, 0) is 29.3 Å². The smallest absolute Gasteiger partial charge is 0.214 e. The molecule has 0 aliphatic carbocycles. The molecule has 88 valence electrons. The van der Waals surface area contributed by atoms with Gasteiger partial charge in [0.25, 0.3) is 0 Å². The summed E-state index contributed by atoms with van der Waals surface area (Å²) in [5.74, 6) is 0. The molecule has 0 unspecified atom stereocenters. The first kappa shape index (κ1) is 11.7. The van der Waals surface area contributed by atoms with Crippen LogP contribution in [0.1, 0.15) is 11.3 Å². The minimum Gasteiger partial charge on any atom is -0.253 e. The summed E-state index contributed by atoms with van der Waals surface area (Å²) in [6.07, 6.45) is 0. The third kappa shape index (κ3) is 2.68. The van der Waals surface area contributed by atoms with Crippen molar-refractivity contribution in [3.63, 3.8) is 0 Å². The average Bonchev–Trinajstić information content (AvgIpc) is 2.42. The summed E-state index contributed by atoms with van der Waals surface area (Å²) >= 11 is 0. The molecule has 0 bridgehead atoms. The van der Waals surface area contributed by atoms with Crippen molar-refractivity contribution in [1.82, 2.24) is 9.90 Å². The number of fused-ring (bicyclic) bond motifs is 1. The highest BCUT2D eigenvalue weighted by atomic mass is 15.1. The van der Waals surface area contributed by atoms with Crippen molar-refractivity contribution in [2.75, 3.05) is 0 Å². The summed E-state index contributed by atoms with van der Waals surface area (Å²) in [7, 11) is 0. The van der Waals surface area contributed by atoms with Crippen molar-refractivity contribution in [3.05, 3.63) is 52.0 Å². The van der Waals surface area contributed by atoms with Crippen LogP contribution in [0, 0.1) is 5.53 Å². The zero-order valence-electron chi connectivity index (χ0n) is 9.48. The van der Waals surface area contributed by atoms with Gasteiger partial charge in [0, 0.05) is 16.0 Å². The molecule has 1 aromatic heterocycles. The van der Waals surface area contributed by atoms with Crippen LogP contribution in [0.25, 0.3) is 21.3 Å². The maximum Gasteiger partial charge on any atom is 0.214 e. The maximum absolute atomic E-state index is 8.26. The summed E-state index contributed by atoms with van der Waals surface area (Å²) in [5.41, 5.74) is 17.4. The third-order valence-corrected chi connectivity index (χ3v) is 2.43. The molecule has 0 radical (unpaired) electrons. The fraction of sp³-hybridized carbons (Fsp3) is 0.182. The van der Waals surface area contributed by atoms with Gasteiger partial charge >= 0.3 is 0 Å². The lowest BCUT2D eigenvalue weighted by Crippen LogP contribution is -1.89. The van der Waals surface area contributed by atoms with Crippen LogP contribution in [0.5, 0.6) is 0 Å². The summed E-state index contributed by atoms with van der Waals surface area (Å²) in [6.45, 7) is 0.640. The second-order valence-corrected chi connectivity index (χ2v) is 3.62. The molecule has 0 aliphatic heterocycles. The predicted octanol–water partition coefficient (Wildman–Crippen LogP) is 3.10. The van der Waals surface area contributed by atoms with Crippen LogP contribution >= 0.6 is 0 Å². The topological polar surface area (TPSA) is 112 Å². The molecule has 2 rings (SSSR count). The standard InChI is InChI=1S/C11H10N7/c12-17-14-6-8-1-4-11-9(5-8)2-3-10(16-11)7-15-18-13/h1-5,12H,6-7H2/q+1. The minimum atomic E-state index is 0.251. The van der Waals surface area contributed by atoms with Gasteiger partial charge in [0.15, 0.2) is 0 Å². The molecule has 0 fully saturated rings. The van der Waals surface area contributed by atoms with Crippen molar-refractivity contribution in [2.45, 2.75) is 13.1 Å². The highest BCUT2D eigenvalue weighted by Gasteiger charge is 2.01. The maximum atomic E-state index is 8.26. The zero-order chi connectivity index (χ0) is 12.8. The van der Waals surface area contributed by atoms with E-state index >= 15 is 0 Å². The first-order valence-corrected chi connectivity index (χ1v) is 5.26. The van der Waals surface area contributed by atoms with Crippen LogP contribution in [-0.2, 0) is 13.1 Å². The SMILES string of the molecule is [N-]=[N+]=NCc1ccc2cc(CN=[N+]=N)ccc2n1. The molecule has 0 spiro atoms. The number of nitrogens with one attached hydrogen (secondary N) is 1. The second-order valence-electron chi connectivity index (χ2n) is 3.62. The molecule has 2 aromatic rings. The van der Waals surface area contributed by atoms with E-state index in [4.69, 9.17) is 11.1 Å². The molecule has 1 N–H and O–H groups in total. The summed E-state index contributed by atoms with van der Waals surface area (Å²) in [6, 6.07) is 9.47. The number of benzene rings is 1. The van der Waals surface area contributed by atoms with Gasteiger partial charge in [0.05, 0.1) is 12.1 Å². The Hall–Kier alpha value is -2.75. The van der Waals surface area contributed by atoms with E-state index in [1.807, 2.05) is 30.3 Å². The zero-order valence-corrected chi connectivity index (χ0v) is 9.48. The highest BCUT2D eigenvalue weighted by Crippen LogP contribution is 2.16. The Kier molecular flexibility index (Phi) is 3.61. The van der Waals surface area contributed by atoms with Crippen molar-refractivity contribution < 1.29 is 0 Å². The first-order valence-electron chi connectivity index (χ1n) is 5.26. The fourth-order valence-corrected chi connectivity index (χ4v) is 1.62. The van der Waals surface area contributed by atoms with E-state index in [9.17, 15) is 0 Å². The van der Waals surface area contributed by atoms with Gasteiger partial charge in [-0.1, -0.05) is 17.2 Å². The molecular formula is C11H10N7+. The highest BCUT2D eigenvalue weighted by molar-refractivity contribution is 5.79. The number of rotatable bonds is 4. The number of hydrogen-bond acceptors (Lipinski definition) is 4. The summed E-state index contributed by atoms with van der Waals surface area (Å²) in [5, 5.41) is 8.08. The fourth-order valence-electron chi connectivity index (χ4n) is 1.62. The van der Waals surface area contributed by atoms with Crippen LogP contribution in [-0.4, -0.2) is 4.98 Å². The Bertz CT molecular complexity index is 607. The predicted molar refractivity (Wildman–Crippen MR) is 65.6 cm³/mol. The lowest BCUT2D eigenvalue weighted by Gasteiger charge is -2.01. The average molecular weight is 240 g/mol. The van der Waals surface area contributed by atoms with E-state index in [1.165, 1.54) is 0 Å². The molecule has 18 heavy (non-hydrogen) atoms. The van der Waals surface area contributed by atoms with Gasteiger partial charge in [0.1, 0.15) is 17.2 Å². The Morgan fingerprint density at radius 3 is 2.83 bits per heavy atom. The molecular weight excluding hydrogens is 230 g/mol. The number of hydrogen-bond donors (Lipinski definition) is 1. The lowest BCUT2D eigenvalue weighted by atomic mass is 10.1. The van der Waals surface area contributed by atoms with Crippen molar-refractivity contribution >= 4 is 10.9 Å². The monoisotopic (exact) mass is 240 g/mol. The lowest BCUT2D eigenvalue weighted by molar-refractivity contribution is 0.858. The van der Waals surface area contributed by atoms with Crippen molar-refractivity contribution in [1.29, 1.82) is 5.53 Å². The Balaban J connectivity index is 2.35. The van der Waals surface area contributed by atoms with Gasteiger partial charge in [0.2, 0.25) is 4.91 Å². The molecule has 0 saturated heterocycles. The quantitative estimate of drug-likeness (QED) is 0.494. The molecule has 0 aliphatic rings. The second kappa shape index (κ2) is 5.54. The first-order chi connectivity index (χ1) is 8.83. The van der Waals surface area contributed by atoms with Crippen molar-refractivity contribution in [2.24, 2.45) is 10.2 Å². The Labute approximate surface area is 102 Å². The van der Waals surface area contributed by atoms with E-state index in [1.54, 1.807) is 0 Å². The van der Waals surface area contributed by atoms with Gasteiger partial charge in [-0.2, -0.15) is 0 Å². The molecule has 0 saturated carbocycles. The number of nitrogens with zero attached hydrogens (tertiary/aromatic N) is 6. The van der Waals surface area contributed by atoms with E-state index in [2.05, 4.69) is 25.0 Å². The molecule has 7 heteroatoms. The largest absolute Gasteiger partial charge is 0.253 e. The van der Waals surface area contributed by atoms with Gasteiger partial charge < -0.3 is 0 Å². The van der Waals surface area contributed by atoms with Gasteiger partial charge in [-0.15, -0.1) is 0 Å². The van der Waals surface area contributed by atoms with Crippen molar-refractivity contribution in [3.8, 4) is 0 Å². The molecule has 1 aromatic carbocycles. The van der Waals surface area contributed by atoms with Crippen LogP contribution in [0.15, 0.2) is 40.6 Å². The van der Waals surface area contributed by atoms with E-state index < -0.39 is 0 Å². The van der Waals surface area contributed by atoms with E-state index in [0.29, 0.717) is 6.54 Å². The number of pyridine rings is 1. The van der Waals surface area contributed by atoms with E-state index in [0.717, 1.165) is 22.2 Å². The van der Waals surface area contributed by atoms with Crippen LogP contribution < -0.4 is 4.91 Å². The van der Waals surface area contributed by atoms with Crippen LogP contribution in [0.3, 0.4) is 0 Å². The number of azide groups is 1. The molecule has 7 nitrogen and oxygen atoms in total. The molecule has 1 heterocycles. The Morgan fingerprint density at radius 2 is 2.06 bits per heavy atom. The summed E-state index contributed by atoms with van der Waals surface area (Å²) in [4.78, 5) is 10.1. The van der Waals surface area contributed by atoms with Crippen LogP contribution in [0.2, 0.25) is 0 Å².